The molecule has 1 fully saturated rings. The number of rotatable bonds is 3. The van der Waals surface area contributed by atoms with Crippen molar-refractivity contribution in [2.45, 2.75) is 6.10 Å². The van der Waals surface area contributed by atoms with Crippen molar-refractivity contribution in [3.05, 3.63) is 54.0 Å². The van der Waals surface area contributed by atoms with Crippen LogP contribution < -0.4 is 10.1 Å². The van der Waals surface area contributed by atoms with E-state index in [4.69, 9.17) is 9.47 Å². The van der Waals surface area contributed by atoms with E-state index in [-0.39, 0.29) is 11.9 Å². The minimum atomic E-state index is -0.285. The normalized spacial score (nSPS) is 18.8. The van der Waals surface area contributed by atoms with E-state index in [1.165, 1.54) is 6.07 Å². The number of hydrogen-bond donors (Lipinski definition) is 1. The molecule has 0 radical (unpaired) electrons. The smallest absolute Gasteiger partial charge is 0.219 e. The van der Waals surface area contributed by atoms with Crippen LogP contribution in [0, 0.1) is 5.82 Å². The molecule has 1 unspecified atom stereocenters. The highest BCUT2D eigenvalue weighted by Gasteiger charge is 2.20. The first-order valence-electron chi connectivity index (χ1n) is 6.53. The van der Waals surface area contributed by atoms with Crippen LogP contribution in [0.3, 0.4) is 0 Å². The van der Waals surface area contributed by atoms with Gasteiger partial charge < -0.3 is 14.8 Å². The fourth-order valence-corrected chi connectivity index (χ4v) is 2.13. The quantitative estimate of drug-likeness (QED) is 0.934. The molecule has 1 aromatic heterocycles. The number of nitrogens with one attached hydrogen (secondary N) is 1. The van der Waals surface area contributed by atoms with Gasteiger partial charge in [0, 0.05) is 30.9 Å². The van der Waals surface area contributed by atoms with Crippen molar-refractivity contribution in [3.63, 3.8) is 0 Å². The number of halogens is 1. The first-order chi connectivity index (χ1) is 9.83. The van der Waals surface area contributed by atoms with Gasteiger partial charge in [-0.25, -0.2) is 9.37 Å². The Kier molecular flexibility index (Phi) is 3.90. The van der Waals surface area contributed by atoms with E-state index in [1.807, 2.05) is 12.1 Å². The van der Waals surface area contributed by atoms with Crippen molar-refractivity contribution in [1.29, 1.82) is 0 Å². The summed E-state index contributed by atoms with van der Waals surface area (Å²) in [6, 6.07) is 10.0. The Morgan fingerprint density at radius 3 is 3.00 bits per heavy atom. The lowest BCUT2D eigenvalue weighted by molar-refractivity contribution is 0.0254. The van der Waals surface area contributed by atoms with E-state index in [0.29, 0.717) is 30.3 Å². The van der Waals surface area contributed by atoms with Crippen molar-refractivity contribution < 1.29 is 13.9 Å². The molecule has 0 bridgehead atoms. The third-order valence-electron chi connectivity index (χ3n) is 3.10. The Morgan fingerprint density at radius 2 is 2.25 bits per heavy atom. The molecular formula is C15H15FN2O2. The lowest BCUT2D eigenvalue weighted by Gasteiger charge is -2.24. The van der Waals surface area contributed by atoms with E-state index in [2.05, 4.69) is 10.3 Å². The number of ether oxygens (including phenoxy) is 2. The predicted octanol–water partition coefficient (Wildman–Crippen LogP) is 2.67. The largest absolute Gasteiger partial charge is 0.439 e. The van der Waals surface area contributed by atoms with Crippen molar-refractivity contribution in [1.82, 2.24) is 10.3 Å². The lowest BCUT2D eigenvalue weighted by Crippen LogP contribution is -2.33. The molecule has 1 aliphatic heterocycles. The van der Waals surface area contributed by atoms with E-state index in [1.54, 1.807) is 24.4 Å². The molecule has 3 rings (SSSR count). The summed E-state index contributed by atoms with van der Waals surface area (Å²) in [7, 11) is 0. The summed E-state index contributed by atoms with van der Waals surface area (Å²) in [5.74, 6) is 0.745. The van der Waals surface area contributed by atoms with Crippen molar-refractivity contribution in [3.8, 4) is 11.6 Å². The van der Waals surface area contributed by atoms with Crippen LogP contribution in [-0.4, -0.2) is 24.7 Å². The average molecular weight is 274 g/mol. The van der Waals surface area contributed by atoms with Gasteiger partial charge in [0.15, 0.2) is 0 Å². The summed E-state index contributed by atoms with van der Waals surface area (Å²) in [4.78, 5) is 4.08. The number of hydrogen-bond acceptors (Lipinski definition) is 4. The number of aromatic nitrogens is 1. The maximum absolute atomic E-state index is 13.9. The third-order valence-corrected chi connectivity index (χ3v) is 3.10. The molecule has 4 nitrogen and oxygen atoms in total. The topological polar surface area (TPSA) is 43.4 Å². The van der Waals surface area contributed by atoms with E-state index >= 15 is 0 Å². The first kappa shape index (κ1) is 13.0. The SMILES string of the molecule is Fc1ccc(Oc2ccccn2)cc1C1CNCCO1. The number of morpholine rings is 1. The highest BCUT2D eigenvalue weighted by molar-refractivity contribution is 5.34. The van der Waals surface area contributed by atoms with E-state index in [9.17, 15) is 4.39 Å². The fraction of sp³-hybridized carbons (Fsp3) is 0.267. The Bertz CT molecular complexity index is 571. The van der Waals surface area contributed by atoms with Gasteiger partial charge in [-0.1, -0.05) is 6.07 Å². The molecule has 0 amide bonds. The van der Waals surface area contributed by atoms with Gasteiger partial charge in [0.25, 0.3) is 0 Å². The molecular weight excluding hydrogens is 259 g/mol. The summed E-state index contributed by atoms with van der Waals surface area (Å²) < 4.78 is 25.1. The van der Waals surface area contributed by atoms with Crippen LogP contribution in [0.15, 0.2) is 42.6 Å². The van der Waals surface area contributed by atoms with Crippen molar-refractivity contribution in [2.75, 3.05) is 19.7 Å². The Hall–Kier alpha value is -1.98. The second kappa shape index (κ2) is 5.98. The monoisotopic (exact) mass is 274 g/mol. The van der Waals surface area contributed by atoms with Gasteiger partial charge in [0.1, 0.15) is 11.6 Å². The van der Waals surface area contributed by atoms with E-state index < -0.39 is 0 Å². The molecule has 0 aliphatic carbocycles. The number of pyridine rings is 1. The summed E-state index contributed by atoms with van der Waals surface area (Å²) in [5.41, 5.74) is 0.505. The standard InChI is InChI=1S/C15H15FN2O2/c16-13-5-4-11(20-15-3-1-2-6-18-15)9-12(13)14-10-17-7-8-19-14/h1-6,9,14,17H,7-8,10H2. The van der Waals surface area contributed by atoms with Crippen LogP contribution in [0.1, 0.15) is 11.7 Å². The molecule has 1 aromatic carbocycles. The number of nitrogens with zero attached hydrogens (tertiary/aromatic N) is 1. The summed E-state index contributed by atoms with van der Waals surface area (Å²) >= 11 is 0. The van der Waals surface area contributed by atoms with Crippen molar-refractivity contribution in [2.24, 2.45) is 0 Å². The second-order valence-corrected chi connectivity index (χ2v) is 4.52. The van der Waals surface area contributed by atoms with E-state index in [0.717, 1.165) is 6.54 Å². The van der Waals surface area contributed by atoms with Crippen LogP contribution >= 0.6 is 0 Å². The van der Waals surface area contributed by atoms with Gasteiger partial charge in [-0.15, -0.1) is 0 Å². The first-order valence-corrected chi connectivity index (χ1v) is 6.53. The summed E-state index contributed by atoms with van der Waals surface area (Å²) in [6.45, 7) is 1.97. The molecule has 0 spiro atoms. The maximum Gasteiger partial charge on any atom is 0.219 e. The molecule has 2 heterocycles. The lowest BCUT2D eigenvalue weighted by atomic mass is 10.1. The molecule has 5 heteroatoms. The molecule has 1 aliphatic rings. The van der Waals surface area contributed by atoms with Gasteiger partial charge in [-0.3, -0.25) is 0 Å². The van der Waals surface area contributed by atoms with Crippen LogP contribution in [0.4, 0.5) is 4.39 Å². The van der Waals surface area contributed by atoms with Gasteiger partial charge in [-0.2, -0.15) is 0 Å². The maximum atomic E-state index is 13.9. The third kappa shape index (κ3) is 2.95. The van der Waals surface area contributed by atoms with Crippen LogP contribution in [0.25, 0.3) is 0 Å². The zero-order valence-electron chi connectivity index (χ0n) is 10.9. The van der Waals surface area contributed by atoms with Crippen molar-refractivity contribution >= 4 is 0 Å². The van der Waals surface area contributed by atoms with Gasteiger partial charge in [-0.05, 0) is 24.3 Å². The van der Waals surface area contributed by atoms with Crippen LogP contribution in [0.2, 0.25) is 0 Å². The summed E-state index contributed by atoms with van der Waals surface area (Å²) in [5, 5.41) is 3.18. The fourth-order valence-electron chi connectivity index (χ4n) is 2.13. The zero-order chi connectivity index (χ0) is 13.8. The van der Waals surface area contributed by atoms with Crippen LogP contribution in [0.5, 0.6) is 11.6 Å². The average Bonchev–Trinajstić information content (AvgIpc) is 2.51. The van der Waals surface area contributed by atoms with Gasteiger partial charge in [0.2, 0.25) is 5.88 Å². The molecule has 1 N–H and O–H groups in total. The Morgan fingerprint density at radius 1 is 1.30 bits per heavy atom. The van der Waals surface area contributed by atoms with Crippen LogP contribution in [-0.2, 0) is 4.74 Å². The molecule has 1 saturated heterocycles. The second-order valence-electron chi connectivity index (χ2n) is 4.52. The zero-order valence-corrected chi connectivity index (χ0v) is 10.9. The molecule has 2 aromatic rings. The highest BCUT2D eigenvalue weighted by atomic mass is 19.1. The highest BCUT2D eigenvalue weighted by Crippen LogP contribution is 2.28. The van der Waals surface area contributed by atoms with Gasteiger partial charge in [0.05, 0.1) is 12.7 Å². The molecule has 0 saturated carbocycles. The molecule has 104 valence electrons. The predicted molar refractivity (Wildman–Crippen MR) is 72.3 cm³/mol. The minimum Gasteiger partial charge on any atom is -0.439 e. The summed E-state index contributed by atoms with van der Waals surface area (Å²) in [6.07, 6.45) is 1.37. The molecule has 20 heavy (non-hydrogen) atoms. The Balaban J connectivity index is 1.82. The number of benzene rings is 1. The minimum absolute atomic E-state index is 0.281. The molecule has 1 atom stereocenters. The Labute approximate surface area is 116 Å². The van der Waals surface area contributed by atoms with Gasteiger partial charge >= 0.3 is 0 Å².